The molecular formula is C29H27BrN4O5S2. The molecule has 1 aliphatic rings. The van der Waals surface area contributed by atoms with Crippen LogP contribution in [0, 0.1) is 6.92 Å². The van der Waals surface area contributed by atoms with Gasteiger partial charge < -0.3 is 13.9 Å². The lowest BCUT2D eigenvalue weighted by Gasteiger charge is -2.26. The maximum atomic E-state index is 13.9. The summed E-state index contributed by atoms with van der Waals surface area (Å²) in [4.78, 5) is 41.2. The maximum absolute atomic E-state index is 13.9. The van der Waals surface area contributed by atoms with Crippen LogP contribution in [-0.4, -0.2) is 34.2 Å². The van der Waals surface area contributed by atoms with E-state index >= 15 is 0 Å². The quantitative estimate of drug-likeness (QED) is 0.179. The number of carbonyl (C=O) groups excluding carboxylic acids is 1. The van der Waals surface area contributed by atoms with E-state index in [-0.39, 0.29) is 12.2 Å². The van der Waals surface area contributed by atoms with E-state index in [1.165, 1.54) is 23.1 Å². The van der Waals surface area contributed by atoms with E-state index in [9.17, 15) is 9.59 Å². The summed E-state index contributed by atoms with van der Waals surface area (Å²) in [6.45, 7) is 5.88. The number of halogens is 1. The molecule has 0 unspecified atom stereocenters. The molecule has 212 valence electrons. The number of benzene rings is 1. The standard InChI is InChI=1S/C29H27BrN4O5S2/c1-5-7-20-24(27(36)38-6-2)25(17-8-10-21(37-4)19(30)14-17)34-26(35)22(40-29(34)33-20)15-18-9-11-23(39-18)41-28-31-13-12-16(3)32-28/h8-15,25H,5-7H2,1-4H3/b22-15+/t25-/m0/s1. The van der Waals surface area contributed by atoms with Crippen LogP contribution in [0.15, 0.2) is 82.8 Å². The summed E-state index contributed by atoms with van der Waals surface area (Å²) in [6.07, 6.45) is 4.73. The van der Waals surface area contributed by atoms with Gasteiger partial charge in [0, 0.05) is 18.0 Å². The van der Waals surface area contributed by atoms with Crippen molar-refractivity contribution in [3.63, 3.8) is 0 Å². The number of fused-ring (bicyclic) bond motifs is 1. The molecule has 1 aliphatic heterocycles. The third-order valence-electron chi connectivity index (χ3n) is 6.22. The van der Waals surface area contributed by atoms with E-state index in [1.807, 2.05) is 38.1 Å². The molecule has 1 atom stereocenters. The molecule has 0 radical (unpaired) electrons. The smallest absolute Gasteiger partial charge is 0.338 e. The summed E-state index contributed by atoms with van der Waals surface area (Å²) in [6, 6.07) is 10.2. The number of carbonyl (C=O) groups is 1. The number of thiazole rings is 1. The summed E-state index contributed by atoms with van der Waals surface area (Å²) in [5.74, 6) is 0.656. The Labute approximate surface area is 252 Å². The molecule has 0 fully saturated rings. The van der Waals surface area contributed by atoms with Crippen LogP contribution in [0.2, 0.25) is 0 Å². The lowest BCUT2D eigenvalue weighted by atomic mass is 9.94. The number of aromatic nitrogens is 3. The highest BCUT2D eigenvalue weighted by atomic mass is 79.9. The molecule has 41 heavy (non-hydrogen) atoms. The van der Waals surface area contributed by atoms with Crippen LogP contribution in [-0.2, 0) is 9.53 Å². The monoisotopic (exact) mass is 654 g/mol. The van der Waals surface area contributed by atoms with Crippen molar-refractivity contribution >= 4 is 51.1 Å². The first-order valence-electron chi connectivity index (χ1n) is 13.0. The van der Waals surface area contributed by atoms with Crippen molar-refractivity contribution in [1.82, 2.24) is 14.5 Å². The minimum atomic E-state index is -0.725. The highest BCUT2D eigenvalue weighted by Gasteiger charge is 2.34. The fourth-order valence-electron chi connectivity index (χ4n) is 4.45. The lowest BCUT2D eigenvalue weighted by Crippen LogP contribution is -2.40. The van der Waals surface area contributed by atoms with E-state index in [0.29, 0.717) is 53.3 Å². The third-order valence-corrected chi connectivity index (χ3v) is 8.63. The number of furan rings is 1. The minimum Gasteiger partial charge on any atom is -0.496 e. The molecule has 0 bridgehead atoms. The van der Waals surface area contributed by atoms with Crippen molar-refractivity contribution < 1.29 is 18.7 Å². The first-order valence-corrected chi connectivity index (χ1v) is 15.4. The van der Waals surface area contributed by atoms with E-state index < -0.39 is 12.0 Å². The topological polar surface area (TPSA) is 109 Å². The number of nitrogens with zero attached hydrogens (tertiary/aromatic N) is 4. The highest BCUT2D eigenvalue weighted by Crippen LogP contribution is 2.36. The Kier molecular flexibility index (Phi) is 8.91. The second-order valence-electron chi connectivity index (χ2n) is 9.05. The summed E-state index contributed by atoms with van der Waals surface area (Å²) in [5, 5.41) is 1.18. The zero-order valence-electron chi connectivity index (χ0n) is 22.8. The molecule has 0 aliphatic carbocycles. The number of allylic oxidation sites excluding steroid dienone is 1. The number of ether oxygens (including phenoxy) is 2. The van der Waals surface area contributed by atoms with Crippen molar-refractivity contribution in [2.24, 2.45) is 4.99 Å². The van der Waals surface area contributed by atoms with Crippen LogP contribution in [0.4, 0.5) is 0 Å². The average molecular weight is 656 g/mol. The molecule has 3 aromatic heterocycles. The van der Waals surface area contributed by atoms with E-state index in [0.717, 1.165) is 17.7 Å². The Bertz CT molecular complexity index is 1820. The van der Waals surface area contributed by atoms with Crippen LogP contribution in [0.25, 0.3) is 6.08 Å². The van der Waals surface area contributed by atoms with Gasteiger partial charge in [0.25, 0.3) is 5.56 Å². The van der Waals surface area contributed by atoms with E-state index in [4.69, 9.17) is 18.9 Å². The average Bonchev–Trinajstić information content (AvgIpc) is 3.51. The van der Waals surface area contributed by atoms with Gasteiger partial charge in [-0.1, -0.05) is 30.7 Å². The Morgan fingerprint density at radius 1 is 1.24 bits per heavy atom. The third kappa shape index (κ3) is 6.09. The van der Waals surface area contributed by atoms with Gasteiger partial charge in [0.1, 0.15) is 11.5 Å². The summed E-state index contributed by atoms with van der Waals surface area (Å²) >= 11 is 6.10. The minimum absolute atomic E-state index is 0.206. The summed E-state index contributed by atoms with van der Waals surface area (Å²) in [5.41, 5.74) is 2.28. The number of methoxy groups -OCH3 is 1. The van der Waals surface area contributed by atoms with E-state index in [2.05, 4.69) is 25.9 Å². The molecule has 0 saturated heterocycles. The molecule has 9 nitrogen and oxygen atoms in total. The van der Waals surface area contributed by atoms with Crippen molar-refractivity contribution in [2.45, 2.75) is 49.9 Å². The molecule has 4 aromatic rings. The van der Waals surface area contributed by atoms with Crippen LogP contribution in [0.5, 0.6) is 5.75 Å². The Morgan fingerprint density at radius 3 is 2.78 bits per heavy atom. The van der Waals surface area contributed by atoms with Gasteiger partial charge in [-0.2, -0.15) is 0 Å². The van der Waals surface area contributed by atoms with Crippen LogP contribution in [0.3, 0.4) is 0 Å². The lowest BCUT2D eigenvalue weighted by molar-refractivity contribution is -0.139. The molecule has 5 rings (SSSR count). The molecular weight excluding hydrogens is 628 g/mol. The Balaban J connectivity index is 1.63. The molecule has 0 spiro atoms. The summed E-state index contributed by atoms with van der Waals surface area (Å²) < 4.78 is 19.5. The van der Waals surface area contributed by atoms with Gasteiger partial charge in [-0.25, -0.2) is 19.8 Å². The van der Waals surface area contributed by atoms with Crippen LogP contribution < -0.4 is 19.6 Å². The molecule has 0 saturated carbocycles. The maximum Gasteiger partial charge on any atom is 0.338 e. The zero-order valence-corrected chi connectivity index (χ0v) is 26.1. The molecule has 12 heteroatoms. The van der Waals surface area contributed by atoms with Gasteiger partial charge in [0.2, 0.25) is 0 Å². The largest absolute Gasteiger partial charge is 0.496 e. The van der Waals surface area contributed by atoms with Gasteiger partial charge in [0.15, 0.2) is 15.1 Å². The van der Waals surface area contributed by atoms with Crippen molar-refractivity contribution in [3.05, 3.63) is 95.0 Å². The first kappa shape index (κ1) is 29.0. The number of rotatable bonds is 9. The van der Waals surface area contributed by atoms with E-state index in [1.54, 1.807) is 43.0 Å². The van der Waals surface area contributed by atoms with Crippen LogP contribution >= 0.6 is 39.0 Å². The Hall–Kier alpha value is -3.48. The van der Waals surface area contributed by atoms with Crippen molar-refractivity contribution in [1.29, 1.82) is 0 Å². The SMILES string of the molecule is CCCC1=C(C(=O)OCC)[C@H](c2ccc(OC)c(Br)c2)n2c(s/c(=C/c3ccc(Sc4nccc(C)n4)o3)c2=O)=N1. The zero-order chi connectivity index (χ0) is 29.1. The van der Waals surface area contributed by atoms with Crippen molar-refractivity contribution in [3.8, 4) is 5.75 Å². The van der Waals surface area contributed by atoms with Crippen molar-refractivity contribution in [2.75, 3.05) is 13.7 Å². The number of hydrogen-bond donors (Lipinski definition) is 0. The molecule has 0 amide bonds. The molecule has 1 aromatic carbocycles. The number of hydrogen-bond acceptors (Lipinski definition) is 10. The highest BCUT2D eigenvalue weighted by molar-refractivity contribution is 9.10. The Morgan fingerprint density at radius 2 is 2.07 bits per heavy atom. The van der Waals surface area contributed by atoms with Gasteiger partial charge in [-0.3, -0.25) is 9.36 Å². The van der Waals surface area contributed by atoms with Crippen LogP contribution in [0.1, 0.15) is 49.7 Å². The fourth-order valence-corrected chi connectivity index (χ4v) is 6.77. The number of aryl methyl sites for hydroxylation is 1. The fraction of sp³-hybridized carbons (Fsp3) is 0.276. The normalized spacial score (nSPS) is 15.0. The predicted octanol–water partition coefficient (Wildman–Crippen LogP) is 5.19. The predicted molar refractivity (Wildman–Crippen MR) is 160 cm³/mol. The van der Waals surface area contributed by atoms with Gasteiger partial charge in [-0.15, -0.1) is 0 Å². The summed E-state index contributed by atoms with van der Waals surface area (Å²) in [7, 11) is 1.58. The molecule has 4 heterocycles. The number of esters is 1. The van der Waals surface area contributed by atoms with Gasteiger partial charge in [-0.05, 0) is 83.9 Å². The second kappa shape index (κ2) is 12.6. The second-order valence-corrected chi connectivity index (χ2v) is 11.9. The van der Waals surface area contributed by atoms with Gasteiger partial charge in [0.05, 0.1) is 40.0 Å². The van der Waals surface area contributed by atoms with Gasteiger partial charge >= 0.3 is 5.97 Å². The molecule has 0 N–H and O–H groups in total. The first-order chi connectivity index (χ1) is 19.8.